The Labute approximate surface area is 146 Å². The van der Waals surface area contributed by atoms with Gasteiger partial charge in [-0.25, -0.2) is 4.79 Å². The predicted molar refractivity (Wildman–Crippen MR) is 97.2 cm³/mol. The summed E-state index contributed by atoms with van der Waals surface area (Å²) >= 11 is 0. The molecule has 2 aromatic carbocycles. The van der Waals surface area contributed by atoms with Crippen molar-refractivity contribution >= 4 is 11.0 Å². The topological polar surface area (TPSA) is 62.9 Å². The molecule has 0 amide bonds. The molecule has 0 aliphatic carbocycles. The van der Waals surface area contributed by atoms with Crippen LogP contribution in [-0.2, 0) is 6.54 Å². The molecule has 0 spiro atoms. The van der Waals surface area contributed by atoms with Gasteiger partial charge in [-0.15, -0.1) is 0 Å². The van der Waals surface area contributed by atoms with E-state index in [1.165, 1.54) is 12.1 Å². The summed E-state index contributed by atoms with van der Waals surface area (Å²) in [7, 11) is 1.97. The van der Waals surface area contributed by atoms with Crippen molar-refractivity contribution < 1.29 is 14.3 Å². The molecule has 0 saturated carbocycles. The molecule has 130 valence electrons. The Balaban J connectivity index is 1.65. The summed E-state index contributed by atoms with van der Waals surface area (Å²) in [6.07, 6.45) is 0. The van der Waals surface area contributed by atoms with Crippen LogP contribution >= 0.6 is 0 Å². The standard InChI is InChI=1S/C20H21NO4/c1-14-4-3-5-17(10-14)24-9-8-21(2)13-15-11-20(23)25-19-12-16(22)6-7-18(15)19/h3-7,10-12,22H,8-9,13H2,1-2H3. The summed E-state index contributed by atoms with van der Waals surface area (Å²) in [5, 5.41) is 10.4. The Bertz CT molecular complexity index is 932. The molecule has 5 heteroatoms. The van der Waals surface area contributed by atoms with Crippen LogP contribution in [0.15, 0.2) is 57.7 Å². The maximum Gasteiger partial charge on any atom is 0.336 e. The summed E-state index contributed by atoms with van der Waals surface area (Å²) in [4.78, 5) is 13.8. The molecule has 0 unspecified atom stereocenters. The van der Waals surface area contributed by atoms with Gasteiger partial charge in [0, 0.05) is 30.6 Å². The molecule has 3 aromatic rings. The van der Waals surface area contributed by atoms with Crippen molar-refractivity contribution in [1.82, 2.24) is 4.90 Å². The summed E-state index contributed by atoms with van der Waals surface area (Å²) in [6, 6.07) is 14.3. The molecule has 0 aliphatic rings. The number of phenolic OH excluding ortho intramolecular Hbond substituents is 1. The molecule has 0 saturated heterocycles. The van der Waals surface area contributed by atoms with Crippen molar-refractivity contribution in [2.75, 3.05) is 20.2 Å². The molecule has 0 radical (unpaired) electrons. The first-order valence-electron chi connectivity index (χ1n) is 8.15. The van der Waals surface area contributed by atoms with Crippen molar-refractivity contribution in [2.24, 2.45) is 0 Å². The van der Waals surface area contributed by atoms with Gasteiger partial charge in [-0.1, -0.05) is 12.1 Å². The second-order valence-corrected chi connectivity index (χ2v) is 6.17. The van der Waals surface area contributed by atoms with Crippen molar-refractivity contribution in [3.63, 3.8) is 0 Å². The van der Waals surface area contributed by atoms with Crippen LogP contribution in [-0.4, -0.2) is 30.2 Å². The number of phenols is 1. The van der Waals surface area contributed by atoms with E-state index in [2.05, 4.69) is 4.90 Å². The number of nitrogens with zero attached hydrogens (tertiary/aromatic N) is 1. The summed E-state index contributed by atoms with van der Waals surface area (Å²) < 4.78 is 10.9. The third kappa shape index (κ3) is 4.39. The predicted octanol–water partition coefficient (Wildman–Crippen LogP) is 3.32. The van der Waals surface area contributed by atoms with E-state index in [1.807, 2.05) is 38.2 Å². The molecule has 1 aromatic heterocycles. The zero-order valence-electron chi connectivity index (χ0n) is 14.4. The lowest BCUT2D eigenvalue weighted by atomic mass is 10.1. The average molecular weight is 339 g/mol. The van der Waals surface area contributed by atoms with Crippen LogP contribution in [0.5, 0.6) is 11.5 Å². The van der Waals surface area contributed by atoms with Crippen LogP contribution in [0.3, 0.4) is 0 Å². The van der Waals surface area contributed by atoms with Gasteiger partial charge in [0.15, 0.2) is 0 Å². The zero-order valence-corrected chi connectivity index (χ0v) is 14.4. The van der Waals surface area contributed by atoms with Gasteiger partial charge in [-0.3, -0.25) is 4.90 Å². The van der Waals surface area contributed by atoms with E-state index in [0.717, 1.165) is 22.3 Å². The van der Waals surface area contributed by atoms with Crippen LogP contribution in [0.1, 0.15) is 11.1 Å². The Morgan fingerprint density at radius 1 is 1.16 bits per heavy atom. The minimum absolute atomic E-state index is 0.0766. The van der Waals surface area contributed by atoms with Gasteiger partial charge in [0.05, 0.1) is 0 Å². The third-order valence-electron chi connectivity index (χ3n) is 3.99. The highest BCUT2D eigenvalue weighted by Gasteiger charge is 2.09. The minimum Gasteiger partial charge on any atom is -0.508 e. The Hall–Kier alpha value is -2.79. The molecule has 0 bridgehead atoms. The molecule has 5 nitrogen and oxygen atoms in total. The highest BCUT2D eigenvalue weighted by Crippen LogP contribution is 2.22. The fourth-order valence-corrected chi connectivity index (χ4v) is 2.74. The SMILES string of the molecule is Cc1cccc(OCCN(C)Cc2cc(=O)oc3cc(O)ccc23)c1. The first kappa shape index (κ1) is 17.0. The van der Waals surface area contributed by atoms with Gasteiger partial charge in [0.1, 0.15) is 23.7 Å². The smallest absolute Gasteiger partial charge is 0.336 e. The van der Waals surface area contributed by atoms with Gasteiger partial charge in [0.2, 0.25) is 0 Å². The molecule has 1 N–H and O–H groups in total. The summed E-state index contributed by atoms with van der Waals surface area (Å²) in [5.41, 5.74) is 2.00. The Kier molecular flexibility index (Phi) is 5.05. The monoisotopic (exact) mass is 339 g/mol. The summed E-state index contributed by atoms with van der Waals surface area (Å²) in [5.74, 6) is 0.933. The van der Waals surface area contributed by atoms with Crippen LogP contribution in [0.4, 0.5) is 0 Å². The second-order valence-electron chi connectivity index (χ2n) is 6.17. The van der Waals surface area contributed by atoms with Crippen LogP contribution in [0.25, 0.3) is 11.0 Å². The van der Waals surface area contributed by atoms with Crippen LogP contribution < -0.4 is 10.4 Å². The Morgan fingerprint density at radius 3 is 2.80 bits per heavy atom. The van der Waals surface area contributed by atoms with E-state index in [0.29, 0.717) is 25.3 Å². The van der Waals surface area contributed by atoms with Gasteiger partial charge in [-0.05, 0) is 49.4 Å². The largest absolute Gasteiger partial charge is 0.508 e. The van der Waals surface area contributed by atoms with Gasteiger partial charge in [-0.2, -0.15) is 0 Å². The van der Waals surface area contributed by atoms with Gasteiger partial charge >= 0.3 is 5.63 Å². The van der Waals surface area contributed by atoms with Crippen LogP contribution in [0.2, 0.25) is 0 Å². The number of fused-ring (bicyclic) bond motifs is 1. The maximum atomic E-state index is 11.7. The number of aryl methyl sites for hydroxylation is 1. The van der Waals surface area contributed by atoms with Gasteiger partial charge in [0.25, 0.3) is 0 Å². The molecule has 0 fully saturated rings. The van der Waals surface area contributed by atoms with E-state index < -0.39 is 5.63 Å². The highest BCUT2D eigenvalue weighted by molar-refractivity contribution is 5.81. The van der Waals surface area contributed by atoms with E-state index in [4.69, 9.17) is 9.15 Å². The van der Waals surface area contributed by atoms with Crippen LogP contribution in [0, 0.1) is 6.92 Å². The first-order valence-corrected chi connectivity index (χ1v) is 8.15. The van der Waals surface area contributed by atoms with E-state index in [9.17, 15) is 9.90 Å². The van der Waals surface area contributed by atoms with Crippen molar-refractivity contribution in [1.29, 1.82) is 0 Å². The quantitative estimate of drug-likeness (QED) is 0.698. The molecular formula is C20H21NO4. The zero-order chi connectivity index (χ0) is 17.8. The summed E-state index contributed by atoms with van der Waals surface area (Å²) in [6.45, 7) is 3.89. The number of benzene rings is 2. The van der Waals surface area contributed by atoms with Gasteiger partial charge < -0.3 is 14.3 Å². The average Bonchev–Trinajstić information content (AvgIpc) is 2.54. The van der Waals surface area contributed by atoms with Crippen molar-refractivity contribution in [2.45, 2.75) is 13.5 Å². The number of rotatable bonds is 6. The fraction of sp³-hybridized carbons (Fsp3) is 0.250. The number of aromatic hydroxyl groups is 1. The maximum absolute atomic E-state index is 11.7. The lowest BCUT2D eigenvalue weighted by Gasteiger charge is -2.18. The van der Waals surface area contributed by atoms with E-state index in [-0.39, 0.29) is 5.75 Å². The molecule has 1 heterocycles. The highest BCUT2D eigenvalue weighted by atomic mass is 16.5. The number of hydrogen-bond acceptors (Lipinski definition) is 5. The first-order chi connectivity index (χ1) is 12.0. The molecule has 3 rings (SSSR count). The third-order valence-corrected chi connectivity index (χ3v) is 3.99. The van der Waals surface area contributed by atoms with E-state index in [1.54, 1.807) is 12.1 Å². The number of ether oxygens (including phenoxy) is 1. The minimum atomic E-state index is -0.419. The lowest BCUT2D eigenvalue weighted by molar-refractivity contribution is 0.233. The molecular weight excluding hydrogens is 318 g/mol. The van der Waals surface area contributed by atoms with Crippen molar-refractivity contribution in [3.05, 3.63) is 70.1 Å². The molecule has 25 heavy (non-hydrogen) atoms. The van der Waals surface area contributed by atoms with E-state index >= 15 is 0 Å². The fourth-order valence-electron chi connectivity index (χ4n) is 2.74. The molecule has 0 atom stereocenters. The normalized spacial score (nSPS) is 11.2. The van der Waals surface area contributed by atoms with Crippen molar-refractivity contribution in [3.8, 4) is 11.5 Å². The second kappa shape index (κ2) is 7.40. The lowest BCUT2D eigenvalue weighted by Crippen LogP contribution is -2.24. The number of likely N-dealkylation sites (N-methyl/N-ethyl adjacent to an activating group) is 1. The Morgan fingerprint density at radius 2 is 2.00 bits per heavy atom. The molecule has 0 aliphatic heterocycles. The number of hydrogen-bond donors (Lipinski definition) is 1.